The number of piperidine rings is 1. The Morgan fingerprint density at radius 1 is 0.950 bits per heavy atom. The molecule has 6 heterocycles. The Morgan fingerprint density at radius 2 is 1.72 bits per heavy atom. The predicted molar refractivity (Wildman–Crippen MR) is 226 cm³/mol. The summed E-state index contributed by atoms with van der Waals surface area (Å²) >= 11 is 0. The number of carbonyl (C=O) groups excluding carboxylic acids is 3. The fraction of sp³-hybridized carbons (Fsp3) is 0.604. The Kier molecular flexibility index (Phi) is 9.32. The third-order valence-electron chi connectivity index (χ3n) is 16.8. The Hall–Kier alpha value is -4.39. The number of nitrogens with one attached hydrogen (secondary N) is 1. The van der Waals surface area contributed by atoms with Crippen molar-refractivity contribution in [3.05, 3.63) is 70.9 Å². The molecule has 2 saturated carbocycles. The van der Waals surface area contributed by atoms with E-state index in [2.05, 4.69) is 51.2 Å². The molecule has 10 rings (SSSR count). The zero-order chi connectivity index (χ0) is 41.9. The summed E-state index contributed by atoms with van der Waals surface area (Å²) in [5.74, 6) is 0.0532. The number of aromatic nitrogens is 1. The quantitative estimate of drug-likeness (QED) is 0.192. The van der Waals surface area contributed by atoms with E-state index < -0.39 is 45.9 Å². The van der Waals surface area contributed by atoms with Crippen molar-refractivity contribution in [2.75, 3.05) is 66.0 Å². The van der Waals surface area contributed by atoms with Crippen molar-refractivity contribution < 1.29 is 38.4 Å². The van der Waals surface area contributed by atoms with Crippen LogP contribution in [-0.2, 0) is 45.8 Å². The molecule has 2 N–H and O–H groups in total. The maximum Gasteiger partial charge on any atom is 0.344 e. The van der Waals surface area contributed by atoms with E-state index in [0.717, 1.165) is 71.5 Å². The first-order valence-corrected chi connectivity index (χ1v) is 22.2. The molecule has 12 nitrogen and oxygen atoms in total. The molecule has 1 aromatic heterocycles. The number of H-pyrrole nitrogens is 1. The highest BCUT2D eigenvalue weighted by atomic mass is 16.6. The van der Waals surface area contributed by atoms with Gasteiger partial charge in [-0.15, -0.1) is 0 Å². The number of para-hydroxylation sites is 1. The first-order valence-electron chi connectivity index (χ1n) is 22.2. The maximum absolute atomic E-state index is 15.5. The van der Waals surface area contributed by atoms with E-state index in [1.54, 1.807) is 7.11 Å². The van der Waals surface area contributed by atoms with Gasteiger partial charge in [0.1, 0.15) is 11.2 Å². The van der Waals surface area contributed by atoms with Crippen LogP contribution in [0.3, 0.4) is 0 Å². The lowest BCUT2D eigenvalue weighted by molar-refractivity contribution is -0.228. The monoisotopic (exact) mass is 820 g/mol. The molecule has 5 aliphatic heterocycles. The fourth-order valence-electron chi connectivity index (χ4n) is 14.7. The Labute approximate surface area is 352 Å². The van der Waals surface area contributed by atoms with E-state index in [-0.39, 0.29) is 17.9 Å². The number of anilines is 1. The largest absolute Gasteiger partial charge is 0.496 e. The van der Waals surface area contributed by atoms with Gasteiger partial charge in [-0.3, -0.25) is 14.5 Å². The molecule has 2 aromatic carbocycles. The van der Waals surface area contributed by atoms with Crippen LogP contribution in [0.15, 0.2) is 48.6 Å². The molecule has 7 aliphatic rings. The number of ether oxygens (including phenoxy) is 4. The van der Waals surface area contributed by atoms with E-state index in [9.17, 15) is 14.7 Å². The van der Waals surface area contributed by atoms with E-state index in [4.69, 9.17) is 18.9 Å². The maximum atomic E-state index is 15.5. The molecule has 3 aromatic rings. The van der Waals surface area contributed by atoms with Crippen molar-refractivity contribution in [3.63, 3.8) is 0 Å². The average Bonchev–Trinajstić information content (AvgIpc) is 3.92. The van der Waals surface area contributed by atoms with Crippen LogP contribution in [-0.4, -0.2) is 123 Å². The van der Waals surface area contributed by atoms with Gasteiger partial charge < -0.3 is 38.8 Å². The van der Waals surface area contributed by atoms with E-state index in [0.29, 0.717) is 49.9 Å². The lowest BCUT2D eigenvalue weighted by Gasteiger charge is -2.63. The number of esters is 3. The molecule has 4 unspecified atom stereocenters. The van der Waals surface area contributed by atoms with Crippen LogP contribution in [0.4, 0.5) is 5.69 Å². The summed E-state index contributed by atoms with van der Waals surface area (Å²) in [6.45, 7) is 7.65. The molecular weight excluding hydrogens is 761 g/mol. The smallest absolute Gasteiger partial charge is 0.344 e. The van der Waals surface area contributed by atoms with Gasteiger partial charge in [-0.25, -0.2) is 4.79 Å². The van der Waals surface area contributed by atoms with Crippen LogP contribution >= 0.6 is 0 Å². The summed E-state index contributed by atoms with van der Waals surface area (Å²) in [4.78, 5) is 53.9. The molecule has 0 radical (unpaired) electrons. The van der Waals surface area contributed by atoms with Gasteiger partial charge in [-0.2, -0.15) is 0 Å². The van der Waals surface area contributed by atoms with Gasteiger partial charge in [0.2, 0.25) is 5.60 Å². The predicted octanol–water partition coefficient (Wildman–Crippen LogP) is 5.27. The standard InChI is InChI=1S/C48H60N4O8/c1-7-45-18-12-20-52-22-19-46(40(45)52)34-23-35(38(57-4)24-37(34)50(3)41(46)48(56,44(55)59-6)42(45)60-28(2)53)47(43(54)58-5)25-30-27-51(26-29-13-8-9-14-31(29)30)21-17-33-32-15-10-11-16-36(32)49-39(33)47/h10-12,15-16,18,23-24,29-31,40-42,49,56H,7-9,13-14,17,19-22,25-27H2,1-6H3/t29-,30-,31-,40-,41?,42?,45+,46?,47+,48-/m0/s1. The number of hydrogen-bond donors (Lipinski definition) is 2. The Balaban J connectivity index is 1.28. The van der Waals surface area contributed by atoms with Crippen LogP contribution in [0.2, 0.25) is 0 Å². The number of methoxy groups -OCH3 is 3. The van der Waals surface area contributed by atoms with Crippen LogP contribution in [0.1, 0.15) is 81.2 Å². The lowest BCUT2D eigenvalue weighted by atomic mass is 9.47. The highest BCUT2D eigenvalue weighted by Crippen LogP contribution is 2.68. The summed E-state index contributed by atoms with van der Waals surface area (Å²) < 4.78 is 24.2. The topological polar surface area (TPSA) is 134 Å². The molecule has 2 bridgehead atoms. The van der Waals surface area contributed by atoms with Crippen molar-refractivity contribution in [1.29, 1.82) is 0 Å². The zero-order valence-corrected chi connectivity index (χ0v) is 35.9. The number of likely N-dealkylation sites (N-methyl/N-ethyl adjacent to an activating group) is 1. The zero-order valence-electron chi connectivity index (χ0n) is 35.9. The van der Waals surface area contributed by atoms with Gasteiger partial charge in [0.05, 0.1) is 27.4 Å². The summed E-state index contributed by atoms with van der Waals surface area (Å²) in [5, 5.41) is 14.5. The van der Waals surface area contributed by atoms with Crippen molar-refractivity contribution in [1.82, 2.24) is 14.8 Å². The van der Waals surface area contributed by atoms with E-state index in [1.165, 1.54) is 40.4 Å². The summed E-state index contributed by atoms with van der Waals surface area (Å²) in [7, 11) is 6.34. The molecule has 2 saturated heterocycles. The van der Waals surface area contributed by atoms with E-state index in [1.807, 2.05) is 31.0 Å². The number of aromatic amines is 1. The van der Waals surface area contributed by atoms with Gasteiger partial charge in [-0.05, 0) is 86.1 Å². The third-order valence-corrected chi connectivity index (χ3v) is 16.8. The summed E-state index contributed by atoms with van der Waals surface area (Å²) in [6, 6.07) is 11.4. The molecule has 12 heteroatoms. The fourth-order valence-corrected chi connectivity index (χ4v) is 14.7. The SMILES string of the molecule is CC[C@]12C=CCN3CCC4(c5cc([C@]6(C(=O)OC)C[C@H]7CN(CCc8c6[nH]c6ccccc86)C[C@@H]6CCCC[C@H]76)c(OC)cc5N(C)C4[C@@](O)(C(=O)OC)C1OC(C)=O)[C@@H]32. The van der Waals surface area contributed by atoms with Crippen molar-refractivity contribution in [3.8, 4) is 5.75 Å². The molecule has 11 atom stereocenters. The van der Waals surface area contributed by atoms with Crippen molar-refractivity contribution in [2.45, 2.75) is 99.8 Å². The average molecular weight is 821 g/mol. The summed E-state index contributed by atoms with van der Waals surface area (Å²) in [6.07, 6.45) is 10.1. The second kappa shape index (κ2) is 14.1. The van der Waals surface area contributed by atoms with Crippen LogP contribution in [0, 0.1) is 23.2 Å². The van der Waals surface area contributed by atoms with Gasteiger partial charge >= 0.3 is 17.9 Å². The minimum atomic E-state index is -2.27. The lowest BCUT2D eigenvalue weighted by Crippen LogP contribution is -2.81. The second-order valence-corrected chi connectivity index (χ2v) is 19.0. The first kappa shape index (κ1) is 39.7. The molecular formula is C48H60N4O8. The molecule has 1 spiro atoms. The van der Waals surface area contributed by atoms with Crippen LogP contribution < -0.4 is 9.64 Å². The van der Waals surface area contributed by atoms with Crippen LogP contribution in [0.5, 0.6) is 5.75 Å². The van der Waals surface area contributed by atoms with E-state index >= 15 is 4.79 Å². The second-order valence-electron chi connectivity index (χ2n) is 19.0. The van der Waals surface area contributed by atoms with Crippen LogP contribution in [0.25, 0.3) is 10.9 Å². The highest BCUT2D eigenvalue weighted by molar-refractivity contribution is 5.95. The highest BCUT2D eigenvalue weighted by Gasteiger charge is 2.80. The molecule has 60 heavy (non-hydrogen) atoms. The van der Waals surface area contributed by atoms with Gasteiger partial charge in [-0.1, -0.05) is 50.1 Å². The normalized spacial score (nSPS) is 37.6. The number of carbonyl (C=O) groups is 3. The molecule has 0 amide bonds. The van der Waals surface area contributed by atoms with Gasteiger partial charge in [0, 0.05) is 90.9 Å². The number of nitrogens with zero attached hydrogens (tertiary/aromatic N) is 3. The minimum absolute atomic E-state index is 0.217. The molecule has 2 aliphatic carbocycles. The van der Waals surface area contributed by atoms with Crippen molar-refractivity contribution in [2.24, 2.45) is 23.2 Å². The first-order chi connectivity index (χ1) is 28.9. The third kappa shape index (κ3) is 5.04. The van der Waals surface area contributed by atoms with Gasteiger partial charge in [0.25, 0.3) is 0 Å². The van der Waals surface area contributed by atoms with Crippen molar-refractivity contribution >= 4 is 34.5 Å². The Bertz CT molecular complexity index is 2290. The number of rotatable bonds is 6. The number of fused-ring (bicyclic) bond motifs is 8. The summed E-state index contributed by atoms with van der Waals surface area (Å²) in [5.41, 5.74) is 0.0512. The molecule has 4 fully saturated rings. The molecule has 320 valence electrons. The number of aliphatic hydroxyl groups is 1. The Morgan fingerprint density at radius 3 is 2.47 bits per heavy atom. The van der Waals surface area contributed by atoms with Gasteiger partial charge in [0.15, 0.2) is 6.10 Å². The number of hydrogen-bond acceptors (Lipinski definition) is 11. The minimum Gasteiger partial charge on any atom is -0.496 e. The number of benzene rings is 2.